The van der Waals surface area contributed by atoms with E-state index in [0.717, 1.165) is 45.8 Å². The molecule has 0 aliphatic carbocycles. The Bertz CT molecular complexity index is 3380. The first-order chi connectivity index (χ1) is 38.6. The van der Waals surface area contributed by atoms with Crippen molar-refractivity contribution in [2.24, 2.45) is 10.9 Å². The number of amides is 6. The Kier molecular flexibility index (Phi) is 16.2. The van der Waals surface area contributed by atoms with E-state index >= 15 is 0 Å². The van der Waals surface area contributed by atoms with Crippen molar-refractivity contribution in [2.45, 2.75) is 123 Å². The number of imide groups is 1. The Labute approximate surface area is 464 Å². The van der Waals surface area contributed by atoms with Gasteiger partial charge >= 0.3 is 0 Å². The predicted octanol–water partition coefficient (Wildman–Crippen LogP) is 8.84. The number of carbonyl (C=O) groups is 8. The maximum Gasteiger partial charge on any atom is 0.261 e. The van der Waals surface area contributed by atoms with E-state index in [-0.39, 0.29) is 98.6 Å². The third-order valence-corrected chi connectivity index (χ3v) is 15.6. The van der Waals surface area contributed by atoms with Crippen LogP contribution in [0.5, 0.6) is 17.2 Å². The van der Waals surface area contributed by atoms with Gasteiger partial charge in [0.25, 0.3) is 23.6 Å². The lowest BCUT2D eigenvalue weighted by Gasteiger charge is -2.23. The van der Waals surface area contributed by atoms with Crippen LogP contribution in [0, 0.1) is 12.8 Å². The largest absolute Gasteiger partial charge is 0.493 e. The first-order valence-electron chi connectivity index (χ1n) is 27.4. The molecule has 0 saturated heterocycles. The Morgan fingerprint density at radius 1 is 0.700 bits per heavy atom. The van der Waals surface area contributed by atoms with Gasteiger partial charge in [0.15, 0.2) is 17.3 Å². The van der Waals surface area contributed by atoms with E-state index in [9.17, 15) is 38.4 Å². The molecule has 5 aliphatic rings. The van der Waals surface area contributed by atoms with E-state index in [1.165, 1.54) is 24.8 Å². The SMILES string of the molecule is COc1cc2c(cc1OCc1cc(COc3cc4c(cc3C)C(=O)N3c5ccccc5CC3CC4)cc(NC(=O)C(C)CC(=O)C(C)NC(=O)CCCCC(=O)CCCN3C(=O)C=CC3=O)c1)N=CC1Cc3ccccc3N1C2=O. The first kappa shape index (κ1) is 54.6. The molecule has 0 spiro atoms. The molecule has 0 bridgehead atoms. The van der Waals surface area contributed by atoms with Crippen LogP contribution in [-0.2, 0) is 61.2 Å². The van der Waals surface area contributed by atoms with Crippen molar-refractivity contribution >= 4 is 76.0 Å². The lowest BCUT2D eigenvalue weighted by Crippen LogP contribution is -2.39. The van der Waals surface area contributed by atoms with Crippen LogP contribution in [0.25, 0.3) is 0 Å². The number of methoxy groups -OCH3 is 1. The number of Topliss-reactive ketones (excluding diaryl/α,β-unsaturated/α-hetero) is 2. The van der Waals surface area contributed by atoms with Gasteiger partial charge in [-0.25, -0.2) is 0 Å². The maximum absolute atomic E-state index is 14.1. The summed E-state index contributed by atoms with van der Waals surface area (Å²) in [5.74, 6) is -1.56. The molecule has 0 aromatic heterocycles. The van der Waals surface area contributed by atoms with Gasteiger partial charge in [0, 0.05) is 97.7 Å². The fourth-order valence-electron chi connectivity index (χ4n) is 11.3. The van der Waals surface area contributed by atoms with Gasteiger partial charge in [0.2, 0.25) is 11.8 Å². The van der Waals surface area contributed by atoms with E-state index in [2.05, 4.69) is 16.7 Å². The van der Waals surface area contributed by atoms with Gasteiger partial charge in [-0.3, -0.25) is 53.1 Å². The average Bonchev–Trinajstić information content (AvgIpc) is 4.18. The number of fused-ring (bicyclic) bond motifs is 8. The molecule has 4 unspecified atom stereocenters. The van der Waals surface area contributed by atoms with Gasteiger partial charge in [-0.05, 0) is 134 Å². The molecule has 10 rings (SSSR count). The number of anilines is 3. The number of hydrogen-bond donors (Lipinski definition) is 2. The van der Waals surface area contributed by atoms with Crippen molar-refractivity contribution in [3.8, 4) is 17.2 Å². The molecule has 5 aromatic rings. The topological polar surface area (TPSA) is 210 Å². The van der Waals surface area contributed by atoms with Crippen molar-refractivity contribution in [1.29, 1.82) is 0 Å². The number of carbonyl (C=O) groups excluding carboxylic acids is 8. The lowest BCUT2D eigenvalue weighted by molar-refractivity contribution is -0.137. The Morgan fingerprint density at radius 3 is 2.08 bits per heavy atom. The molecule has 6 amide bonds. The zero-order valence-electron chi connectivity index (χ0n) is 45.4. The van der Waals surface area contributed by atoms with E-state index in [1.807, 2.05) is 72.5 Å². The van der Waals surface area contributed by atoms with Crippen LogP contribution in [-0.4, -0.2) is 89.9 Å². The highest BCUT2D eigenvalue weighted by molar-refractivity contribution is 6.15. The van der Waals surface area contributed by atoms with Crippen LogP contribution in [0.1, 0.15) is 119 Å². The van der Waals surface area contributed by atoms with Gasteiger partial charge in [0.05, 0.1) is 30.4 Å². The minimum Gasteiger partial charge on any atom is -0.493 e. The number of para-hydroxylation sites is 2. The Morgan fingerprint density at radius 2 is 1.35 bits per heavy atom. The van der Waals surface area contributed by atoms with Gasteiger partial charge in [-0.15, -0.1) is 0 Å². The number of nitrogens with zero attached hydrogens (tertiary/aromatic N) is 4. The summed E-state index contributed by atoms with van der Waals surface area (Å²) in [5, 5.41) is 5.71. The van der Waals surface area contributed by atoms with Gasteiger partial charge < -0.3 is 29.7 Å². The minimum atomic E-state index is -0.861. The van der Waals surface area contributed by atoms with Crippen LogP contribution in [0.2, 0.25) is 0 Å². The van der Waals surface area contributed by atoms with E-state index in [4.69, 9.17) is 19.2 Å². The van der Waals surface area contributed by atoms with E-state index in [0.29, 0.717) is 83.0 Å². The van der Waals surface area contributed by atoms with Crippen molar-refractivity contribution in [3.63, 3.8) is 0 Å². The fraction of sp³-hybridized carbons (Fsp3) is 0.349. The second-order valence-electron chi connectivity index (χ2n) is 21.3. The standard InChI is InChI=1S/C63H64N6O11/c1-37-24-49-42(19-20-46-29-43-12-5-8-16-52(43)68(46)62(49)76)31-55(37)79-35-40-26-41(36-80-57-33-51-50(32-56(57)78-4)63(77)69-47(34-64-51)30-44-13-6-9-17-53(44)69)28-45(27-40)66-61(75)38(2)25-54(71)39(3)65-58(72)18-10-7-14-48(70)15-11-23-67-59(73)21-22-60(67)74/h5-6,8-9,12-13,16-17,21-22,24,26-28,31-34,38-39,46-47H,7,10-11,14-15,18-20,23,25,29-30,35-36H2,1-4H3,(H,65,72)(H,66,75). The first-order valence-corrected chi connectivity index (χ1v) is 27.4. The van der Waals surface area contributed by atoms with Crippen LogP contribution in [0.3, 0.4) is 0 Å². The van der Waals surface area contributed by atoms with Gasteiger partial charge in [-0.1, -0.05) is 43.3 Å². The summed E-state index contributed by atoms with van der Waals surface area (Å²) in [6.07, 6.45) is 8.89. The molecule has 17 nitrogen and oxygen atoms in total. The summed E-state index contributed by atoms with van der Waals surface area (Å²) in [5.41, 5.74) is 9.07. The molecule has 4 atom stereocenters. The number of ether oxygens (including phenoxy) is 3. The monoisotopic (exact) mass is 1080 g/mol. The zero-order valence-corrected chi connectivity index (χ0v) is 45.4. The van der Waals surface area contributed by atoms with Crippen LogP contribution in [0.4, 0.5) is 22.7 Å². The summed E-state index contributed by atoms with van der Waals surface area (Å²) in [7, 11) is 1.51. The minimum absolute atomic E-state index is 0.0112. The smallest absolute Gasteiger partial charge is 0.261 e. The molecular weight excluding hydrogens is 1020 g/mol. The van der Waals surface area contributed by atoms with Crippen LogP contribution >= 0.6 is 0 Å². The van der Waals surface area contributed by atoms with Gasteiger partial charge in [0.1, 0.15) is 24.7 Å². The summed E-state index contributed by atoms with van der Waals surface area (Å²) in [6, 6.07) is 27.6. The highest BCUT2D eigenvalue weighted by Gasteiger charge is 2.39. The highest BCUT2D eigenvalue weighted by atomic mass is 16.5. The molecule has 0 fully saturated rings. The molecule has 80 heavy (non-hydrogen) atoms. The number of nitrogens with one attached hydrogen (secondary N) is 2. The van der Waals surface area contributed by atoms with Crippen molar-refractivity contribution in [3.05, 3.63) is 148 Å². The number of unbranched alkanes of at least 4 members (excludes halogenated alkanes) is 1. The summed E-state index contributed by atoms with van der Waals surface area (Å²) in [6.45, 7) is 5.42. The van der Waals surface area contributed by atoms with Crippen molar-refractivity contribution < 1.29 is 52.6 Å². The molecule has 5 aromatic carbocycles. The number of ketones is 2. The normalized spacial score (nSPS) is 17.3. The second kappa shape index (κ2) is 23.7. The van der Waals surface area contributed by atoms with Crippen molar-refractivity contribution in [1.82, 2.24) is 10.2 Å². The third kappa shape index (κ3) is 11.8. The molecule has 17 heteroatoms. The summed E-state index contributed by atoms with van der Waals surface area (Å²) in [4.78, 5) is 114. The number of hydrogen-bond acceptors (Lipinski definition) is 12. The lowest BCUT2D eigenvalue weighted by atomic mass is 9.98. The van der Waals surface area contributed by atoms with Crippen LogP contribution in [0.15, 0.2) is 108 Å². The van der Waals surface area contributed by atoms with E-state index in [1.54, 1.807) is 49.2 Å². The molecular formula is C63H64N6O11. The average molecular weight is 1080 g/mol. The molecule has 2 N–H and O–H groups in total. The molecule has 0 radical (unpaired) electrons. The summed E-state index contributed by atoms with van der Waals surface area (Å²) >= 11 is 0. The Balaban J connectivity index is 0.795. The summed E-state index contributed by atoms with van der Waals surface area (Å²) < 4.78 is 18.8. The van der Waals surface area contributed by atoms with Crippen LogP contribution < -0.4 is 34.6 Å². The molecule has 5 heterocycles. The Hall–Kier alpha value is -8.73. The van der Waals surface area contributed by atoms with E-state index < -0.39 is 17.9 Å². The number of benzene rings is 5. The molecule has 412 valence electrons. The fourth-order valence-corrected chi connectivity index (χ4v) is 11.3. The highest BCUT2D eigenvalue weighted by Crippen LogP contribution is 2.42. The second-order valence-corrected chi connectivity index (χ2v) is 21.3. The quantitative estimate of drug-likeness (QED) is 0.0494. The number of aliphatic imine (C=N–C) groups is 1. The number of aryl methyl sites for hydroxylation is 2. The van der Waals surface area contributed by atoms with Gasteiger partial charge in [-0.2, -0.15) is 0 Å². The predicted molar refractivity (Wildman–Crippen MR) is 301 cm³/mol. The maximum atomic E-state index is 14.1. The number of rotatable bonds is 22. The third-order valence-electron chi connectivity index (χ3n) is 15.6. The zero-order chi connectivity index (χ0) is 56.2. The molecule has 5 aliphatic heterocycles. The molecule has 0 saturated carbocycles. The van der Waals surface area contributed by atoms with Crippen molar-refractivity contribution in [2.75, 3.05) is 28.8 Å².